The molecular weight excluding hydrogens is 675 g/mol. The van der Waals surface area contributed by atoms with Crippen LogP contribution in [0.15, 0.2) is 41.1 Å². The normalized spacial score (nSPS) is 29.2. The molecule has 0 spiro atoms. The molecule has 3 heterocycles. The summed E-state index contributed by atoms with van der Waals surface area (Å²) in [6.45, 7) is 1.37. The Kier molecular flexibility index (Phi) is 10.1. The molecule has 42 heavy (non-hydrogen) atoms. The van der Waals surface area contributed by atoms with Gasteiger partial charge in [0.2, 0.25) is 0 Å². The van der Waals surface area contributed by atoms with Gasteiger partial charge in [-0.15, -0.1) is 0 Å². The third kappa shape index (κ3) is 6.68. The number of rotatable bonds is 11. The number of phenols is 1. The van der Waals surface area contributed by atoms with Crippen molar-refractivity contribution < 1.29 is 84.3 Å². The van der Waals surface area contributed by atoms with Crippen LogP contribution in [0.5, 0.6) is 11.5 Å². The topological polar surface area (TPSA) is 236 Å². The standard InChI is InChI=1S/C26H30IN2O13/c1-2-27-42-22-19(10-30)41-26(21(33)20(22)32)40-18-8-12-7-16(25(38)39)29(15(12)9-17(18)31)4-3-11-5-13(23(34)35)28-14(6-11)24(36)37/h3-5,8-9,14,16,19-22,26,30-33H,2,6-7,10H2,1H3,(H,34,35)(H,36,37)(H,38,39)/q-1/b4-3+/t14-,16-,19+,20+,21+,22+,26+/m0/s1. The number of aromatic hydroxyl groups is 1. The number of aliphatic hydroxyl groups excluding tert-OH is 3. The summed E-state index contributed by atoms with van der Waals surface area (Å²) in [6.07, 6.45) is -2.69. The zero-order chi connectivity index (χ0) is 30.7. The van der Waals surface area contributed by atoms with Crippen molar-refractivity contribution in [1.29, 1.82) is 0 Å². The van der Waals surface area contributed by atoms with E-state index in [4.69, 9.17) is 12.5 Å². The van der Waals surface area contributed by atoms with E-state index >= 15 is 0 Å². The van der Waals surface area contributed by atoms with Gasteiger partial charge in [-0.1, -0.05) is 0 Å². The monoisotopic (exact) mass is 705 g/mol. The molecule has 7 N–H and O–H groups in total. The van der Waals surface area contributed by atoms with E-state index in [0.29, 0.717) is 11.1 Å². The number of carbonyl (C=O) groups is 3. The zero-order valence-corrected chi connectivity index (χ0v) is 24.3. The molecule has 0 unspecified atom stereocenters. The molecule has 230 valence electrons. The second-order valence-electron chi connectivity index (χ2n) is 9.58. The molecule has 0 aliphatic carbocycles. The van der Waals surface area contributed by atoms with E-state index in [1.807, 2.05) is 6.92 Å². The van der Waals surface area contributed by atoms with Crippen LogP contribution in [0, 0.1) is 0 Å². The van der Waals surface area contributed by atoms with Crippen LogP contribution in [-0.2, 0) is 28.6 Å². The van der Waals surface area contributed by atoms with Crippen LogP contribution in [0.4, 0.5) is 5.69 Å². The SMILES string of the molecule is CC[I-]O[C@H]1[C@H](O)[C@@H](O)[C@H](Oc2cc3c(cc2O)N(/C=C/C2=CC(C(=O)O)=N[C@H](C(=O)O)C2)[C@H](C(=O)O)C3)O[C@@H]1CO. The van der Waals surface area contributed by atoms with Crippen molar-refractivity contribution in [3.63, 3.8) is 0 Å². The first-order valence-electron chi connectivity index (χ1n) is 12.8. The van der Waals surface area contributed by atoms with Gasteiger partial charge in [-0.3, -0.25) is 4.99 Å². The molecular formula is C26H30IN2O13-. The fourth-order valence-corrected chi connectivity index (χ4v) is 6.15. The average molecular weight is 705 g/mol. The van der Waals surface area contributed by atoms with Crippen molar-refractivity contribution in [3.05, 3.63) is 41.6 Å². The van der Waals surface area contributed by atoms with Gasteiger partial charge in [0.1, 0.15) is 5.71 Å². The Morgan fingerprint density at radius 1 is 1.14 bits per heavy atom. The molecule has 0 aromatic heterocycles. The number of carboxylic acids is 3. The van der Waals surface area contributed by atoms with Crippen molar-refractivity contribution in [1.82, 2.24) is 0 Å². The van der Waals surface area contributed by atoms with E-state index in [9.17, 15) is 50.1 Å². The summed E-state index contributed by atoms with van der Waals surface area (Å²) in [5, 5.41) is 70.1. The predicted octanol–water partition coefficient (Wildman–Crippen LogP) is -3.74. The fourth-order valence-electron chi connectivity index (χ4n) is 4.74. The van der Waals surface area contributed by atoms with Gasteiger partial charge in [0.25, 0.3) is 0 Å². The van der Waals surface area contributed by atoms with Crippen LogP contribution in [-0.4, -0.2) is 113 Å². The summed E-state index contributed by atoms with van der Waals surface area (Å²) in [5.74, 6) is -4.53. The molecule has 4 rings (SSSR count). The van der Waals surface area contributed by atoms with Crippen LogP contribution in [0.1, 0.15) is 18.9 Å². The Bertz CT molecular complexity index is 1310. The maximum atomic E-state index is 12.1. The molecule has 1 fully saturated rings. The quantitative estimate of drug-likeness (QED) is 0.0866. The van der Waals surface area contributed by atoms with Crippen molar-refractivity contribution in [3.8, 4) is 11.5 Å². The number of halogens is 1. The number of phenolic OH excluding ortho intramolecular Hbond substituents is 1. The minimum absolute atomic E-state index is 0.0309. The second-order valence-corrected chi connectivity index (χ2v) is 12.2. The van der Waals surface area contributed by atoms with E-state index in [1.165, 1.54) is 35.4 Å². The molecule has 3 aliphatic heterocycles. The van der Waals surface area contributed by atoms with Crippen LogP contribution in [0.25, 0.3) is 0 Å². The number of alkyl halides is 1. The van der Waals surface area contributed by atoms with Gasteiger partial charge in [-0.25, -0.2) is 14.4 Å². The van der Waals surface area contributed by atoms with Gasteiger partial charge < -0.3 is 15.3 Å². The van der Waals surface area contributed by atoms with E-state index in [1.54, 1.807) is 0 Å². The number of allylic oxidation sites excluding steroid dienone is 1. The van der Waals surface area contributed by atoms with E-state index in [-0.39, 0.29) is 24.3 Å². The first kappa shape index (κ1) is 31.6. The van der Waals surface area contributed by atoms with Crippen molar-refractivity contribution in [2.24, 2.45) is 4.99 Å². The molecule has 1 aromatic rings. The average Bonchev–Trinajstić information content (AvgIpc) is 3.30. The van der Waals surface area contributed by atoms with Crippen LogP contribution < -0.4 is 31.3 Å². The third-order valence-corrected chi connectivity index (χ3v) is 8.38. The van der Waals surface area contributed by atoms with Gasteiger partial charge in [-0.2, -0.15) is 0 Å². The van der Waals surface area contributed by atoms with Crippen molar-refractivity contribution >= 4 is 29.3 Å². The molecule has 0 saturated carbocycles. The molecule has 1 saturated heterocycles. The van der Waals surface area contributed by atoms with Gasteiger partial charge in [0.05, 0.1) is 0 Å². The van der Waals surface area contributed by atoms with Crippen molar-refractivity contribution in [2.45, 2.75) is 62.6 Å². The molecule has 0 radical (unpaired) electrons. The number of aliphatic hydroxyl groups is 3. The van der Waals surface area contributed by atoms with E-state index in [0.717, 1.165) is 4.43 Å². The number of dihydropyridines is 1. The molecule has 0 bridgehead atoms. The second kappa shape index (κ2) is 13.3. The first-order chi connectivity index (χ1) is 19.9. The minimum atomic E-state index is -1.59. The number of nitrogens with zero attached hydrogens (tertiary/aromatic N) is 2. The molecule has 1 aromatic carbocycles. The van der Waals surface area contributed by atoms with Gasteiger partial charge in [-0.05, 0) is 17.7 Å². The van der Waals surface area contributed by atoms with Gasteiger partial charge in [0.15, 0.2) is 6.04 Å². The summed E-state index contributed by atoms with van der Waals surface area (Å²) in [6, 6.07) is 0.160. The van der Waals surface area contributed by atoms with Gasteiger partial charge in [0, 0.05) is 6.42 Å². The molecule has 0 amide bonds. The predicted molar refractivity (Wildman–Crippen MR) is 138 cm³/mol. The number of hydrogen-bond acceptors (Lipinski definition) is 12. The maximum absolute atomic E-state index is 12.1. The zero-order valence-electron chi connectivity index (χ0n) is 22.1. The van der Waals surface area contributed by atoms with Crippen molar-refractivity contribution in [2.75, 3.05) is 15.9 Å². The molecule has 3 aliphatic rings. The Morgan fingerprint density at radius 2 is 1.88 bits per heavy atom. The Labute approximate surface area is 249 Å². The molecule has 16 heteroatoms. The van der Waals surface area contributed by atoms with E-state index in [2.05, 4.69) is 4.99 Å². The number of anilines is 1. The number of aliphatic carboxylic acids is 3. The molecule has 15 nitrogen and oxygen atoms in total. The summed E-state index contributed by atoms with van der Waals surface area (Å²) in [4.78, 5) is 39.9. The number of ether oxygens (including phenoxy) is 2. The summed E-state index contributed by atoms with van der Waals surface area (Å²) < 4.78 is 17.7. The van der Waals surface area contributed by atoms with Gasteiger partial charge >= 0.3 is 180 Å². The number of aliphatic imine (C=N–C) groups is 1. The molecule has 7 atom stereocenters. The number of carboxylic acid groups (broad SMARTS) is 3. The van der Waals surface area contributed by atoms with Crippen LogP contribution >= 0.6 is 0 Å². The first-order valence-corrected chi connectivity index (χ1v) is 15.2. The van der Waals surface area contributed by atoms with E-state index < -0.39 is 100 Å². The number of fused-ring (bicyclic) bond motifs is 1. The van der Waals surface area contributed by atoms with Crippen LogP contribution in [0.2, 0.25) is 0 Å². The Balaban J connectivity index is 1.58. The summed E-state index contributed by atoms with van der Waals surface area (Å²) >= 11 is -0.746. The Morgan fingerprint density at radius 3 is 2.50 bits per heavy atom. The number of hydrogen-bond donors (Lipinski definition) is 7. The summed E-state index contributed by atoms with van der Waals surface area (Å²) in [5.41, 5.74) is 0.569. The summed E-state index contributed by atoms with van der Waals surface area (Å²) in [7, 11) is 0. The Hall–Kier alpha value is -3.29. The number of benzene rings is 1. The third-order valence-electron chi connectivity index (χ3n) is 6.81. The van der Waals surface area contributed by atoms with Crippen LogP contribution in [0.3, 0.4) is 0 Å². The fraction of sp³-hybridized carbons (Fsp3) is 0.462.